The molecule has 2 unspecified atom stereocenters. The van der Waals surface area contributed by atoms with Gasteiger partial charge in [0.05, 0.1) is 19.6 Å². The fourth-order valence-corrected chi connectivity index (χ4v) is 5.38. The molecule has 0 bridgehead atoms. The molecule has 0 radical (unpaired) electrons. The molecule has 0 N–H and O–H groups in total. The lowest BCUT2D eigenvalue weighted by Crippen LogP contribution is -2.25. The molecule has 1 aromatic rings. The number of carbonyl (C=O) groups excluding carboxylic acids is 1. The van der Waals surface area contributed by atoms with Crippen LogP contribution in [0.25, 0.3) is 0 Å². The van der Waals surface area contributed by atoms with Crippen molar-refractivity contribution in [3.63, 3.8) is 0 Å². The van der Waals surface area contributed by atoms with E-state index < -0.39 is 8.07 Å². The van der Waals surface area contributed by atoms with Gasteiger partial charge in [0, 0.05) is 14.7 Å². The van der Waals surface area contributed by atoms with Crippen molar-refractivity contribution in [2.24, 2.45) is 11.8 Å². The molecule has 0 fully saturated rings. The van der Waals surface area contributed by atoms with E-state index in [-0.39, 0.29) is 5.97 Å². The van der Waals surface area contributed by atoms with Crippen LogP contribution in [0.4, 0.5) is 0 Å². The summed E-state index contributed by atoms with van der Waals surface area (Å²) >= 11 is 0. The summed E-state index contributed by atoms with van der Waals surface area (Å²) in [5, 5.41) is 0. The van der Waals surface area contributed by atoms with Gasteiger partial charge in [0.2, 0.25) is 0 Å². The molecule has 2 rings (SSSR count). The molecule has 144 valence electrons. The molecule has 1 aliphatic carbocycles. The zero-order chi connectivity index (χ0) is 19.0. The van der Waals surface area contributed by atoms with Crippen LogP contribution in [0.3, 0.4) is 0 Å². The van der Waals surface area contributed by atoms with E-state index in [1.165, 1.54) is 17.2 Å². The zero-order valence-corrected chi connectivity index (χ0v) is 17.8. The highest BCUT2D eigenvalue weighted by molar-refractivity contribution is 6.76. The Bertz CT molecular complexity index is 589. The summed E-state index contributed by atoms with van der Waals surface area (Å²) in [6.07, 6.45) is 4.98. The number of hydrogen-bond donors (Lipinski definition) is 0. The first-order chi connectivity index (χ1) is 12.4. The number of carbonyl (C=O) groups is 1. The predicted molar refractivity (Wildman–Crippen MR) is 110 cm³/mol. The molecule has 26 heavy (non-hydrogen) atoms. The maximum Gasteiger partial charge on any atom is 0.306 e. The van der Waals surface area contributed by atoms with Gasteiger partial charge < -0.3 is 9.47 Å². The van der Waals surface area contributed by atoms with Gasteiger partial charge >= 0.3 is 5.97 Å². The minimum absolute atomic E-state index is 0.0592. The lowest BCUT2D eigenvalue weighted by atomic mass is 9.86. The fourth-order valence-electron chi connectivity index (χ4n) is 3.75. The van der Waals surface area contributed by atoms with Gasteiger partial charge in [-0.3, -0.25) is 4.79 Å². The first-order valence-electron chi connectivity index (χ1n) is 9.85. The first-order valence-corrected chi connectivity index (χ1v) is 13.6. The van der Waals surface area contributed by atoms with Gasteiger partial charge in [-0.1, -0.05) is 61.6 Å². The van der Waals surface area contributed by atoms with Gasteiger partial charge in [-0.05, 0) is 43.2 Å². The average molecular weight is 375 g/mol. The Balaban J connectivity index is 1.87. The van der Waals surface area contributed by atoms with E-state index in [2.05, 4.69) is 37.8 Å². The molecular weight excluding hydrogens is 340 g/mol. The minimum atomic E-state index is -1.20. The van der Waals surface area contributed by atoms with Crippen molar-refractivity contribution in [3.05, 3.63) is 47.5 Å². The zero-order valence-electron chi connectivity index (χ0n) is 16.8. The Morgan fingerprint density at radius 2 is 1.92 bits per heavy atom. The molecular formula is C22H34O3Si. The topological polar surface area (TPSA) is 35.5 Å². The summed E-state index contributed by atoms with van der Waals surface area (Å²) in [5.74, 6) is 0.777. The number of benzene rings is 1. The van der Waals surface area contributed by atoms with Crippen LogP contribution in [0.15, 0.2) is 42.0 Å². The lowest BCUT2D eigenvalue weighted by molar-refractivity contribution is -0.144. The van der Waals surface area contributed by atoms with Crippen LogP contribution < -0.4 is 0 Å². The molecule has 0 heterocycles. The summed E-state index contributed by atoms with van der Waals surface area (Å²) in [7, 11) is -1.20. The van der Waals surface area contributed by atoms with E-state index in [1.54, 1.807) is 0 Å². The molecule has 0 amide bonds. The average Bonchev–Trinajstić information content (AvgIpc) is 2.93. The van der Waals surface area contributed by atoms with E-state index in [1.807, 2.05) is 25.1 Å². The van der Waals surface area contributed by atoms with E-state index in [4.69, 9.17) is 9.47 Å². The summed E-state index contributed by atoms with van der Waals surface area (Å²) in [6.45, 7) is 10.9. The van der Waals surface area contributed by atoms with E-state index >= 15 is 0 Å². The van der Waals surface area contributed by atoms with E-state index in [0.29, 0.717) is 31.5 Å². The normalized spacial score (nSPS) is 20.1. The van der Waals surface area contributed by atoms with Crippen molar-refractivity contribution in [2.45, 2.75) is 58.5 Å². The smallest absolute Gasteiger partial charge is 0.306 e. The Morgan fingerprint density at radius 1 is 1.19 bits per heavy atom. The van der Waals surface area contributed by atoms with Crippen molar-refractivity contribution in [1.29, 1.82) is 0 Å². The number of ether oxygens (including phenoxy) is 2. The Labute approximate surface area is 159 Å². The Hall–Kier alpha value is -1.39. The lowest BCUT2D eigenvalue weighted by Gasteiger charge is -2.26. The highest BCUT2D eigenvalue weighted by atomic mass is 28.3. The molecule has 0 aromatic heterocycles. The molecule has 3 nitrogen and oxygen atoms in total. The van der Waals surface area contributed by atoms with Crippen molar-refractivity contribution in [1.82, 2.24) is 0 Å². The van der Waals surface area contributed by atoms with Gasteiger partial charge in [-0.15, -0.1) is 0 Å². The van der Waals surface area contributed by atoms with Crippen LogP contribution in [0.5, 0.6) is 0 Å². The van der Waals surface area contributed by atoms with Crippen LogP contribution in [-0.4, -0.2) is 27.3 Å². The van der Waals surface area contributed by atoms with Crippen LogP contribution >= 0.6 is 0 Å². The predicted octanol–water partition coefficient (Wildman–Crippen LogP) is 5.45. The SMILES string of the molecule is CCOC(=O)CC1C(C[Si](C)(C)C)=CCC1CCOCc1ccccc1. The van der Waals surface area contributed by atoms with Crippen LogP contribution in [0.1, 0.15) is 31.7 Å². The maximum atomic E-state index is 12.1. The number of esters is 1. The van der Waals surface area contributed by atoms with Crippen molar-refractivity contribution in [2.75, 3.05) is 13.2 Å². The molecule has 1 aromatic carbocycles. The van der Waals surface area contributed by atoms with Gasteiger partial charge in [-0.2, -0.15) is 0 Å². The largest absolute Gasteiger partial charge is 0.466 e. The third-order valence-electron chi connectivity index (χ3n) is 4.90. The van der Waals surface area contributed by atoms with Crippen LogP contribution in [0, 0.1) is 11.8 Å². The van der Waals surface area contributed by atoms with Crippen LogP contribution in [0.2, 0.25) is 25.7 Å². The minimum Gasteiger partial charge on any atom is -0.466 e. The highest BCUT2D eigenvalue weighted by Crippen LogP contribution is 2.40. The molecule has 2 atom stereocenters. The maximum absolute atomic E-state index is 12.1. The number of hydrogen-bond acceptors (Lipinski definition) is 3. The van der Waals surface area contributed by atoms with E-state index in [0.717, 1.165) is 19.4 Å². The highest BCUT2D eigenvalue weighted by Gasteiger charge is 2.33. The second-order valence-corrected chi connectivity index (χ2v) is 13.9. The third-order valence-corrected chi connectivity index (χ3v) is 6.37. The quantitative estimate of drug-likeness (QED) is 0.236. The van der Waals surface area contributed by atoms with Gasteiger partial charge in [0.25, 0.3) is 0 Å². The molecule has 1 aliphatic rings. The van der Waals surface area contributed by atoms with Gasteiger partial charge in [-0.25, -0.2) is 0 Å². The van der Waals surface area contributed by atoms with Crippen molar-refractivity contribution in [3.8, 4) is 0 Å². The van der Waals surface area contributed by atoms with E-state index in [9.17, 15) is 4.79 Å². The second-order valence-electron chi connectivity index (χ2n) is 8.45. The first kappa shape index (κ1) is 20.9. The molecule has 0 aliphatic heterocycles. The summed E-state index contributed by atoms with van der Waals surface area (Å²) in [4.78, 5) is 12.1. The van der Waals surface area contributed by atoms with Gasteiger partial charge in [0.1, 0.15) is 0 Å². The molecule has 4 heteroatoms. The van der Waals surface area contributed by atoms with Crippen molar-refractivity contribution >= 4 is 14.0 Å². The monoisotopic (exact) mass is 374 g/mol. The number of allylic oxidation sites excluding steroid dienone is 2. The third kappa shape index (κ3) is 7.08. The summed E-state index contributed by atoms with van der Waals surface area (Å²) in [6, 6.07) is 11.5. The summed E-state index contributed by atoms with van der Waals surface area (Å²) in [5.41, 5.74) is 2.70. The summed E-state index contributed by atoms with van der Waals surface area (Å²) < 4.78 is 11.1. The Morgan fingerprint density at radius 3 is 2.58 bits per heavy atom. The number of rotatable bonds is 10. The van der Waals surface area contributed by atoms with Crippen molar-refractivity contribution < 1.29 is 14.3 Å². The Kier molecular flexibility index (Phi) is 8.10. The fraction of sp³-hybridized carbons (Fsp3) is 0.591. The molecule has 0 saturated carbocycles. The standard InChI is InChI=1S/C22H34O3Si/c1-5-25-22(23)15-21-19(11-12-20(21)17-26(2,3)4)13-14-24-16-18-9-7-6-8-10-18/h6-10,12,19,21H,5,11,13-17H2,1-4H3. The second kappa shape index (κ2) is 10.1. The van der Waals surface area contributed by atoms with Crippen LogP contribution in [-0.2, 0) is 20.9 Å². The van der Waals surface area contributed by atoms with Gasteiger partial charge in [0.15, 0.2) is 0 Å². The molecule has 0 spiro atoms. The molecule has 0 saturated heterocycles.